The quantitative estimate of drug-likeness (QED) is 0.616. The van der Waals surface area contributed by atoms with Gasteiger partial charge in [0.2, 0.25) is 10.0 Å². The number of aromatic nitrogens is 2. The van der Waals surface area contributed by atoms with Crippen LogP contribution in [-0.4, -0.2) is 35.8 Å². The van der Waals surface area contributed by atoms with E-state index < -0.39 is 26.2 Å². The Balaban J connectivity index is 3.44. The molecule has 0 radical (unpaired) electrons. The van der Waals surface area contributed by atoms with Gasteiger partial charge in [-0.1, -0.05) is 0 Å². The summed E-state index contributed by atoms with van der Waals surface area (Å²) in [5, 5.41) is 8.53. The highest BCUT2D eigenvalue weighted by atomic mass is 32.2. The van der Waals surface area contributed by atoms with Crippen molar-refractivity contribution in [3.05, 3.63) is 27.0 Å². The van der Waals surface area contributed by atoms with E-state index in [0.717, 1.165) is 10.8 Å². The normalized spacial score (nSPS) is 11.7. The van der Waals surface area contributed by atoms with E-state index in [4.69, 9.17) is 5.11 Å². The molecule has 1 aromatic heterocycles. The van der Waals surface area contributed by atoms with Gasteiger partial charge in [-0.25, -0.2) is 17.9 Å². The maximum absolute atomic E-state index is 11.7. The van der Waals surface area contributed by atoms with Gasteiger partial charge in [-0.3, -0.25) is 9.36 Å². The van der Waals surface area contributed by atoms with Crippen molar-refractivity contribution < 1.29 is 13.5 Å². The highest BCUT2D eigenvalue weighted by molar-refractivity contribution is 7.89. The fourth-order valence-corrected chi connectivity index (χ4v) is 2.40. The predicted octanol–water partition coefficient (Wildman–Crippen LogP) is -2.65. The fourth-order valence-electron chi connectivity index (χ4n) is 1.22. The molecule has 0 bridgehead atoms. The van der Waals surface area contributed by atoms with E-state index in [1.807, 2.05) is 4.72 Å². The molecule has 0 unspecified atom stereocenters. The molecule has 0 spiro atoms. The van der Waals surface area contributed by atoms with E-state index in [1.165, 1.54) is 14.1 Å². The van der Waals surface area contributed by atoms with Gasteiger partial charge >= 0.3 is 5.69 Å². The van der Waals surface area contributed by atoms with Crippen LogP contribution in [0.1, 0.15) is 0 Å². The lowest BCUT2D eigenvalue weighted by molar-refractivity contribution is 0.301. The summed E-state index contributed by atoms with van der Waals surface area (Å²) in [4.78, 5) is 22.4. The zero-order chi connectivity index (χ0) is 13.2. The van der Waals surface area contributed by atoms with E-state index in [1.54, 1.807) is 0 Å². The fraction of sp³-hybridized carbons (Fsp3) is 0.500. The second-order valence-corrected chi connectivity index (χ2v) is 5.11. The Morgan fingerprint density at radius 1 is 1.35 bits per heavy atom. The van der Waals surface area contributed by atoms with Gasteiger partial charge in [0.25, 0.3) is 5.56 Å². The highest BCUT2D eigenvalue weighted by Crippen LogP contribution is 1.98. The van der Waals surface area contributed by atoms with Crippen LogP contribution in [0.5, 0.6) is 0 Å². The first-order valence-electron chi connectivity index (χ1n) is 4.68. The van der Waals surface area contributed by atoms with E-state index in [0.29, 0.717) is 4.57 Å². The molecule has 9 heteroatoms. The molecule has 1 rings (SSSR count). The molecule has 0 aliphatic rings. The summed E-state index contributed by atoms with van der Waals surface area (Å²) in [6, 6.07) is 0. The number of aliphatic hydroxyl groups excluding tert-OH is 1. The summed E-state index contributed by atoms with van der Waals surface area (Å²) < 4.78 is 27.1. The Labute approximate surface area is 97.2 Å². The first-order chi connectivity index (χ1) is 7.81. The topological polar surface area (TPSA) is 110 Å². The average Bonchev–Trinajstić information content (AvgIpc) is 2.28. The predicted molar refractivity (Wildman–Crippen MR) is 59.2 cm³/mol. The van der Waals surface area contributed by atoms with Gasteiger partial charge in [0.1, 0.15) is 0 Å². The van der Waals surface area contributed by atoms with Crippen LogP contribution < -0.4 is 16.0 Å². The largest absolute Gasteiger partial charge is 0.395 e. The minimum atomic E-state index is -4.02. The molecule has 0 aliphatic carbocycles. The number of hydrogen-bond acceptors (Lipinski definition) is 5. The van der Waals surface area contributed by atoms with Gasteiger partial charge in [-0.05, 0) is 0 Å². The molecule has 0 aromatic carbocycles. The van der Waals surface area contributed by atoms with Gasteiger partial charge in [0.05, 0.1) is 6.61 Å². The molecule has 0 fully saturated rings. The minimum Gasteiger partial charge on any atom is -0.395 e. The van der Waals surface area contributed by atoms with Gasteiger partial charge < -0.3 is 9.67 Å². The molecule has 0 saturated carbocycles. The first kappa shape index (κ1) is 13.6. The molecule has 0 aliphatic heterocycles. The third-order valence-electron chi connectivity index (χ3n) is 2.11. The lowest BCUT2D eigenvalue weighted by Crippen LogP contribution is -2.41. The molecule has 0 atom stereocenters. The molecule has 0 amide bonds. The number of nitrogens with zero attached hydrogens (tertiary/aromatic N) is 2. The van der Waals surface area contributed by atoms with Gasteiger partial charge in [0, 0.05) is 26.8 Å². The van der Waals surface area contributed by atoms with E-state index in [9.17, 15) is 18.0 Å². The van der Waals surface area contributed by atoms with Gasteiger partial charge in [-0.2, -0.15) is 0 Å². The van der Waals surface area contributed by atoms with E-state index in [2.05, 4.69) is 0 Å². The van der Waals surface area contributed by atoms with Crippen LogP contribution in [0.2, 0.25) is 0 Å². The molecule has 1 heterocycles. The van der Waals surface area contributed by atoms with Gasteiger partial charge in [-0.15, -0.1) is 0 Å². The van der Waals surface area contributed by atoms with Crippen molar-refractivity contribution in [1.29, 1.82) is 0 Å². The number of sulfonamides is 1. The average molecular weight is 263 g/mol. The second-order valence-electron chi connectivity index (χ2n) is 3.37. The van der Waals surface area contributed by atoms with E-state index >= 15 is 0 Å². The second kappa shape index (κ2) is 4.82. The molecular weight excluding hydrogens is 250 g/mol. The number of rotatable bonds is 4. The number of nitrogens with one attached hydrogen (secondary N) is 1. The standard InChI is InChI=1S/C8H13N3O5S/c1-10-5-6(7(13)11(2)8(10)14)17(15,16)9-3-4-12/h5,9,12H,3-4H2,1-2H3. The van der Waals surface area contributed by atoms with Crippen molar-refractivity contribution in [1.82, 2.24) is 13.9 Å². The van der Waals surface area contributed by atoms with Crippen LogP contribution in [-0.2, 0) is 24.1 Å². The van der Waals surface area contributed by atoms with Crippen molar-refractivity contribution >= 4 is 10.0 Å². The van der Waals surface area contributed by atoms with Crippen LogP contribution in [0.25, 0.3) is 0 Å². The number of aryl methyl sites for hydroxylation is 1. The van der Waals surface area contributed by atoms with Crippen molar-refractivity contribution in [3.63, 3.8) is 0 Å². The summed E-state index contributed by atoms with van der Waals surface area (Å²) >= 11 is 0. The third kappa shape index (κ3) is 2.62. The smallest absolute Gasteiger partial charge is 0.330 e. The lowest BCUT2D eigenvalue weighted by atomic mass is 10.6. The van der Waals surface area contributed by atoms with Crippen LogP contribution >= 0.6 is 0 Å². The molecule has 96 valence electrons. The van der Waals surface area contributed by atoms with Crippen LogP contribution in [0.15, 0.2) is 20.7 Å². The minimum absolute atomic E-state index is 0.200. The van der Waals surface area contributed by atoms with Crippen LogP contribution in [0.4, 0.5) is 0 Å². The van der Waals surface area contributed by atoms with Crippen molar-refractivity contribution in [3.8, 4) is 0 Å². The Bertz CT molecular complexity index is 628. The van der Waals surface area contributed by atoms with Crippen LogP contribution in [0.3, 0.4) is 0 Å². The first-order valence-corrected chi connectivity index (χ1v) is 6.16. The maximum Gasteiger partial charge on any atom is 0.330 e. The molecule has 8 nitrogen and oxygen atoms in total. The Morgan fingerprint density at radius 3 is 2.47 bits per heavy atom. The summed E-state index contributed by atoms with van der Waals surface area (Å²) in [6.45, 7) is -0.584. The lowest BCUT2D eigenvalue weighted by Gasteiger charge is -2.08. The summed E-state index contributed by atoms with van der Waals surface area (Å²) in [5.41, 5.74) is -1.52. The highest BCUT2D eigenvalue weighted by Gasteiger charge is 2.20. The maximum atomic E-state index is 11.7. The summed E-state index contributed by atoms with van der Waals surface area (Å²) in [5.74, 6) is 0. The van der Waals surface area contributed by atoms with Crippen LogP contribution in [0, 0.1) is 0 Å². The van der Waals surface area contributed by atoms with E-state index in [-0.39, 0.29) is 13.2 Å². The van der Waals surface area contributed by atoms with Crippen molar-refractivity contribution in [2.24, 2.45) is 14.1 Å². The molecule has 2 N–H and O–H groups in total. The molecule has 17 heavy (non-hydrogen) atoms. The SMILES string of the molecule is Cn1cc(S(=O)(=O)NCCO)c(=O)n(C)c1=O. The zero-order valence-electron chi connectivity index (χ0n) is 9.37. The monoisotopic (exact) mass is 263 g/mol. The van der Waals surface area contributed by atoms with Crippen molar-refractivity contribution in [2.75, 3.05) is 13.2 Å². The zero-order valence-corrected chi connectivity index (χ0v) is 10.2. The van der Waals surface area contributed by atoms with Crippen molar-refractivity contribution in [2.45, 2.75) is 4.90 Å². The molecular formula is C8H13N3O5S. The Morgan fingerprint density at radius 2 is 1.94 bits per heavy atom. The summed E-state index contributed by atoms with van der Waals surface area (Å²) in [7, 11) is -1.49. The third-order valence-corrected chi connectivity index (χ3v) is 3.55. The molecule has 1 aromatic rings. The Kier molecular flexibility index (Phi) is 3.86. The van der Waals surface area contributed by atoms with Gasteiger partial charge in [0.15, 0.2) is 4.90 Å². The number of hydrogen-bond donors (Lipinski definition) is 2. The Hall–Kier alpha value is -1.45. The molecule has 0 saturated heterocycles. The number of aliphatic hydroxyl groups is 1. The summed E-state index contributed by atoms with van der Waals surface area (Å²) in [6.07, 6.45) is 0.949.